The van der Waals surface area contributed by atoms with Gasteiger partial charge in [-0.2, -0.15) is 0 Å². The van der Waals surface area contributed by atoms with Crippen LogP contribution in [-0.2, 0) is 16.1 Å². The Labute approximate surface area is 161 Å². The number of amides is 1. The minimum atomic E-state index is -0.279. The molecule has 1 amide bonds. The standard InChI is InChI=1S/C21H30N2O4/c1-2-22-9-3-5-17(22)15-23(21(24)19-6-4-10-25-19)14-16-7-8-18-20(13-16)27-12-11-26-18/h7-8,13,17,19H,2-6,9-12,14-15H2,1H3/t17-,19+/m1/s1. The van der Waals surface area contributed by atoms with Gasteiger partial charge in [-0.3, -0.25) is 9.69 Å². The van der Waals surface area contributed by atoms with Crippen LogP contribution in [0.3, 0.4) is 0 Å². The van der Waals surface area contributed by atoms with Gasteiger partial charge in [0.05, 0.1) is 0 Å². The van der Waals surface area contributed by atoms with Crippen molar-refractivity contribution in [3.63, 3.8) is 0 Å². The Morgan fingerprint density at radius 1 is 1.15 bits per heavy atom. The summed E-state index contributed by atoms with van der Waals surface area (Å²) in [5.74, 6) is 1.69. The smallest absolute Gasteiger partial charge is 0.252 e. The summed E-state index contributed by atoms with van der Waals surface area (Å²) >= 11 is 0. The molecule has 2 fully saturated rings. The summed E-state index contributed by atoms with van der Waals surface area (Å²) in [5.41, 5.74) is 1.08. The highest BCUT2D eigenvalue weighted by Crippen LogP contribution is 2.31. The molecule has 6 nitrogen and oxygen atoms in total. The predicted molar refractivity (Wildman–Crippen MR) is 102 cm³/mol. The van der Waals surface area contributed by atoms with E-state index in [2.05, 4.69) is 11.8 Å². The average Bonchev–Trinajstić information content (AvgIpc) is 3.38. The molecule has 4 rings (SSSR count). The minimum absolute atomic E-state index is 0.130. The maximum absolute atomic E-state index is 13.1. The average molecular weight is 374 g/mol. The highest BCUT2D eigenvalue weighted by atomic mass is 16.6. The molecule has 0 saturated carbocycles. The molecule has 2 saturated heterocycles. The van der Waals surface area contributed by atoms with E-state index in [9.17, 15) is 4.79 Å². The Hall–Kier alpha value is -1.79. The SMILES string of the molecule is CCN1CCC[C@@H]1CN(Cc1ccc2c(c1)OCCO2)C(=O)[C@@H]1CCCO1. The van der Waals surface area contributed by atoms with E-state index < -0.39 is 0 Å². The summed E-state index contributed by atoms with van der Waals surface area (Å²) in [6, 6.07) is 6.44. The van der Waals surface area contributed by atoms with E-state index in [4.69, 9.17) is 14.2 Å². The lowest BCUT2D eigenvalue weighted by Gasteiger charge is -2.32. The fourth-order valence-corrected chi connectivity index (χ4v) is 4.39. The first-order valence-electron chi connectivity index (χ1n) is 10.3. The molecule has 3 aliphatic heterocycles. The third-order valence-electron chi connectivity index (χ3n) is 5.83. The van der Waals surface area contributed by atoms with Gasteiger partial charge < -0.3 is 19.1 Å². The third-order valence-corrected chi connectivity index (χ3v) is 5.83. The molecular weight excluding hydrogens is 344 g/mol. The molecule has 0 radical (unpaired) electrons. The van der Waals surface area contributed by atoms with Gasteiger partial charge in [0, 0.05) is 25.7 Å². The molecule has 1 aromatic carbocycles. The molecule has 148 valence electrons. The number of carbonyl (C=O) groups excluding carboxylic acids is 1. The maximum Gasteiger partial charge on any atom is 0.252 e. The molecule has 0 spiro atoms. The van der Waals surface area contributed by atoms with Gasteiger partial charge in [-0.05, 0) is 56.5 Å². The number of likely N-dealkylation sites (tertiary alicyclic amines) is 1. The molecule has 0 bridgehead atoms. The van der Waals surface area contributed by atoms with Crippen LogP contribution < -0.4 is 9.47 Å². The largest absolute Gasteiger partial charge is 0.486 e. The van der Waals surface area contributed by atoms with Crippen LogP contribution >= 0.6 is 0 Å². The van der Waals surface area contributed by atoms with E-state index in [1.807, 2.05) is 23.1 Å². The van der Waals surface area contributed by atoms with Crippen LogP contribution in [0.2, 0.25) is 0 Å². The first kappa shape index (κ1) is 18.6. The van der Waals surface area contributed by atoms with Gasteiger partial charge in [0.15, 0.2) is 11.5 Å². The van der Waals surface area contributed by atoms with Gasteiger partial charge in [0.1, 0.15) is 19.3 Å². The number of benzene rings is 1. The van der Waals surface area contributed by atoms with Crippen LogP contribution in [0.1, 0.15) is 38.2 Å². The van der Waals surface area contributed by atoms with Crippen LogP contribution in [0.5, 0.6) is 11.5 Å². The van der Waals surface area contributed by atoms with E-state index in [1.54, 1.807) is 0 Å². The quantitative estimate of drug-likeness (QED) is 0.766. The van der Waals surface area contributed by atoms with Gasteiger partial charge in [-0.25, -0.2) is 0 Å². The van der Waals surface area contributed by atoms with Crippen LogP contribution in [-0.4, -0.2) is 67.3 Å². The number of ether oxygens (including phenoxy) is 3. The van der Waals surface area contributed by atoms with E-state index in [0.29, 0.717) is 32.4 Å². The summed E-state index contributed by atoms with van der Waals surface area (Å²) < 4.78 is 17.0. The Balaban J connectivity index is 1.50. The van der Waals surface area contributed by atoms with E-state index in [1.165, 1.54) is 6.42 Å². The normalized spacial score (nSPS) is 24.9. The molecule has 3 aliphatic rings. The first-order chi connectivity index (χ1) is 13.2. The van der Waals surface area contributed by atoms with Gasteiger partial charge in [-0.15, -0.1) is 0 Å². The van der Waals surface area contributed by atoms with Crippen molar-refractivity contribution in [1.29, 1.82) is 0 Å². The highest BCUT2D eigenvalue weighted by molar-refractivity contribution is 5.81. The fraction of sp³-hybridized carbons (Fsp3) is 0.667. The van der Waals surface area contributed by atoms with Gasteiger partial charge >= 0.3 is 0 Å². The molecule has 0 N–H and O–H groups in total. The van der Waals surface area contributed by atoms with E-state index >= 15 is 0 Å². The van der Waals surface area contributed by atoms with Gasteiger partial charge in [-0.1, -0.05) is 13.0 Å². The Morgan fingerprint density at radius 3 is 2.78 bits per heavy atom. The third kappa shape index (κ3) is 4.22. The zero-order valence-corrected chi connectivity index (χ0v) is 16.2. The lowest BCUT2D eigenvalue weighted by molar-refractivity contribution is -0.142. The molecule has 2 atom stereocenters. The molecule has 27 heavy (non-hydrogen) atoms. The highest BCUT2D eigenvalue weighted by Gasteiger charge is 2.32. The zero-order valence-electron chi connectivity index (χ0n) is 16.2. The Morgan fingerprint density at radius 2 is 2.00 bits per heavy atom. The van der Waals surface area contributed by atoms with E-state index in [0.717, 1.165) is 56.0 Å². The number of likely N-dealkylation sites (N-methyl/N-ethyl adjacent to an activating group) is 1. The van der Waals surface area contributed by atoms with Crippen LogP contribution in [0.15, 0.2) is 18.2 Å². The summed E-state index contributed by atoms with van der Waals surface area (Å²) in [6.45, 7) is 7.57. The summed E-state index contributed by atoms with van der Waals surface area (Å²) in [7, 11) is 0. The first-order valence-corrected chi connectivity index (χ1v) is 10.3. The minimum Gasteiger partial charge on any atom is -0.486 e. The second-order valence-electron chi connectivity index (χ2n) is 7.62. The lowest BCUT2D eigenvalue weighted by Crippen LogP contribution is -2.46. The summed E-state index contributed by atoms with van der Waals surface area (Å²) in [4.78, 5) is 17.6. The zero-order chi connectivity index (χ0) is 18.6. The van der Waals surface area contributed by atoms with Gasteiger partial charge in [0.25, 0.3) is 5.91 Å². The van der Waals surface area contributed by atoms with Gasteiger partial charge in [0.2, 0.25) is 0 Å². The number of rotatable bonds is 6. The van der Waals surface area contributed by atoms with E-state index in [-0.39, 0.29) is 12.0 Å². The van der Waals surface area contributed by atoms with Crippen molar-refractivity contribution >= 4 is 5.91 Å². The molecule has 0 aliphatic carbocycles. The molecule has 0 aromatic heterocycles. The number of fused-ring (bicyclic) bond motifs is 1. The molecule has 0 unspecified atom stereocenters. The fourth-order valence-electron chi connectivity index (χ4n) is 4.39. The van der Waals surface area contributed by atoms with Crippen molar-refractivity contribution in [2.75, 3.05) is 39.5 Å². The monoisotopic (exact) mass is 374 g/mol. The molecule has 3 heterocycles. The second-order valence-corrected chi connectivity index (χ2v) is 7.62. The van der Waals surface area contributed by atoms with Crippen LogP contribution in [0.25, 0.3) is 0 Å². The maximum atomic E-state index is 13.1. The topological polar surface area (TPSA) is 51.2 Å². The van der Waals surface area contributed by atoms with Crippen molar-refractivity contribution in [2.45, 2.75) is 51.3 Å². The number of nitrogens with zero attached hydrogens (tertiary/aromatic N) is 2. The van der Waals surface area contributed by atoms with Crippen molar-refractivity contribution in [2.24, 2.45) is 0 Å². The Bertz CT molecular complexity index is 660. The second kappa shape index (κ2) is 8.48. The molecule has 6 heteroatoms. The Kier molecular flexibility index (Phi) is 5.83. The molecule has 1 aromatic rings. The van der Waals surface area contributed by atoms with Crippen molar-refractivity contribution in [3.8, 4) is 11.5 Å². The predicted octanol–water partition coefficient (Wildman–Crippen LogP) is 2.45. The summed E-state index contributed by atoms with van der Waals surface area (Å²) in [5, 5.41) is 0. The molecular formula is C21H30N2O4. The van der Waals surface area contributed by atoms with Crippen LogP contribution in [0, 0.1) is 0 Å². The van der Waals surface area contributed by atoms with Crippen molar-refractivity contribution in [3.05, 3.63) is 23.8 Å². The number of hydrogen-bond acceptors (Lipinski definition) is 5. The number of carbonyl (C=O) groups is 1. The number of hydrogen-bond donors (Lipinski definition) is 0. The van der Waals surface area contributed by atoms with Crippen molar-refractivity contribution < 1.29 is 19.0 Å². The van der Waals surface area contributed by atoms with Crippen LogP contribution in [0.4, 0.5) is 0 Å². The van der Waals surface area contributed by atoms with Crippen molar-refractivity contribution in [1.82, 2.24) is 9.80 Å². The lowest BCUT2D eigenvalue weighted by atomic mass is 10.1. The summed E-state index contributed by atoms with van der Waals surface area (Å²) in [6.07, 6.45) is 3.89.